The van der Waals surface area contributed by atoms with Crippen molar-refractivity contribution < 1.29 is 0 Å². The zero-order chi connectivity index (χ0) is 32.3. The maximum atomic E-state index is 5.52. The molecule has 8 aromatic rings. The van der Waals surface area contributed by atoms with Gasteiger partial charge >= 0.3 is 0 Å². The molecule has 4 heteroatoms. The van der Waals surface area contributed by atoms with Crippen molar-refractivity contribution in [1.29, 1.82) is 0 Å². The van der Waals surface area contributed by atoms with Gasteiger partial charge in [0.05, 0.1) is 16.6 Å². The Morgan fingerprint density at radius 3 is 2.00 bits per heavy atom. The molecule has 5 aromatic carbocycles. The summed E-state index contributed by atoms with van der Waals surface area (Å²) < 4.78 is 7.30. The molecular formula is C45H34N4. The van der Waals surface area contributed by atoms with E-state index in [0.717, 1.165) is 53.9 Å². The van der Waals surface area contributed by atoms with Crippen molar-refractivity contribution >= 4 is 60.8 Å². The van der Waals surface area contributed by atoms with Gasteiger partial charge in [0.2, 0.25) is 0 Å². The fourth-order valence-corrected chi connectivity index (χ4v) is 8.02. The minimum Gasteiger partial charge on any atom is -0.313 e. The molecule has 0 saturated carbocycles. The molecule has 10 rings (SSSR count). The predicted octanol–water partition coefficient (Wildman–Crippen LogP) is 11.7. The van der Waals surface area contributed by atoms with Crippen LogP contribution in [0.4, 0.5) is 0 Å². The molecule has 0 saturated heterocycles. The molecule has 0 aliphatic heterocycles. The van der Waals surface area contributed by atoms with E-state index in [-0.39, 0.29) is 0 Å². The van der Waals surface area contributed by atoms with Gasteiger partial charge < -0.3 is 4.57 Å². The van der Waals surface area contributed by atoms with Gasteiger partial charge in [-0.05, 0) is 79.3 Å². The zero-order valence-electron chi connectivity index (χ0n) is 27.1. The lowest BCUT2D eigenvalue weighted by Crippen LogP contribution is -2.02. The van der Waals surface area contributed by atoms with Gasteiger partial charge in [-0.2, -0.15) is 0 Å². The second-order valence-electron chi connectivity index (χ2n) is 13.0. The maximum absolute atomic E-state index is 5.52. The molecule has 2 aliphatic rings. The van der Waals surface area contributed by atoms with Gasteiger partial charge in [0.15, 0.2) is 5.65 Å². The number of aromatic nitrogens is 4. The van der Waals surface area contributed by atoms with Gasteiger partial charge in [0.25, 0.3) is 0 Å². The van der Waals surface area contributed by atoms with E-state index in [4.69, 9.17) is 4.98 Å². The van der Waals surface area contributed by atoms with Gasteiger partial charge in [0, 0.05) is 38.8 Å². The molecule has 3 aromatic heterocycles. The number of benzene rings is 5. The largest absolute Gasteiger partial charge is 0.313 e. The predicted molar refractivity (Wildman–Crippen MR) is 206 cm³/mol. The summed E-state index contributed by atoms with van der Waals surface area (Å²) in [4.78, 5) is 5.52. The van der Waals surface area contributed by atoms with E-state index in [0.29, 0.717) is 0 Å². The van der Waals surface area contributed by atoms with Gasteiger partial charge in [-0.3, -0.25) is 9.13 Å². The van der Waals surface area contributed by atoms with E-state index < -0.39 is 0 Å². The van der Waals surface area contributed by atoms with Crippen LogP contribution in [-0.4, -0.2) is 18.7 Å². The SMILES string of the molecule is C1=CC(n2c3nc(-c4ccccc4)n(-c4ccccc4)c3c3ccc4c(c5ccccc5n4C4=CC=C(c5ccccc5)CC4)c32)=CCC1. The van der Waals surface area contributed by atoms with Crippen LogP contribution in [0.25, 0.3) is 77.9 Å². The molecule has 0 spiro atoms. The minimum atomic E-state index is 0.948. The molecule has 0 amide bonds. The molecule has 0 radical (unpaired) electrons. The average molecular weight is 631 g/mol. The Hall–Kier alpha value is -6.13. The van der Waals surface area contributed by atoms with Crippen molar-refractivity contribution in [2.75, 3.05) is 0 Å². The smallest absolute Gasteiger partial charge is 0.165 e. The van der Waals surface area contributed by atoms with Crippen LogP contribution in [0.2, 0.25) is 0 Å². The van der Waals surface area contributed by atoms with Crippen molar-refractivity contribution in [1.82, 2.24) is 18.7 Å². The van der Waals surface area contributed by atoms with Crippen molar-refractivity contribution in [2.45, 2.75) is 25.7 Å². The minimum absolute atomic E-state index is 0.948. The van der Waals surface area contributed by atoms with Gasteiger partial charge in [-0.15, -0.1) is 0 Å². The Morgan fingerprint density at radius 2 is 1.27 bits per heavy atom. The van der Waals surface area contributed by atoms with Crippen LogP contribution in [0.1, 0.15) is 31.2 Å². The summed E-state index contributed by atoms with van der Waals surface area (Å²) >= 11 is 0. The molecule has 0 fully saturated rings. The van der Waals surface area contributed by atoms with Crippen LogP contribution in [0.15, 0.2) is 158 Å². The average Bonchev–Trinajstić information content (AvgIpc) is 3.83. The quantitative estimate of drug-likeness (QED) is 0.186. The Kier molecular flexibility index (Phi) is 6.41. The summed E-state index contributed by atoms with van der Waals surface area (Å²) in [5.41, 5.74) is 13.2. The lowest BCUT2D eigenvalue weighted by molar-refractivity contribution is 0.992. The van der Waals surface area contributed by atoms with E-state index in [1.54, 1.807) is 0 Å². The van der Waals surface area contributed by atoms with Crippen molar-refractivity contribution in [3.05, 3.63) is 163 Å². The van der Waals surface area contributed by atoms with Crippen molar-refractivity contribution in [3.63, 3.8) is 0 Å². The van der Waals surface area contributed by atoms with Crippen LogP contribution in [0, 0.1) is 0 Å². The number of para-hydroxylation sites is 2. The highest BCUT2D eigenvalue weighted by Crippen LogP contribution is 2.45. The molecular weight excluding hydrogens is 597 g/mol. The summed E-state index contributed by atoms with van der Waals surface area (Å²) in [5.74, 6) is 0.948. The summed E-state index contributed by atoms with van der Waals surface area (Å²) in [7, 11) is 0. The number of nitrogens with zero attached hydrogens (tertiary/aromatic N) is 4. The molecule has 2 aliphatic carbocycles. The zero-order valence-corrected chi connectivity index (χ0v) is 27.1. The Bertz CT molecular complexity index is 2680. The Balaban J connectivity index is 1.32. The highest BCUT2D eigenvalue weighted by molar-refractivity contribution is 6.26. The van der Waals surface area contributed by atoms with Crippen LogP contribution in [-0.2, 0) is 0 Å². The topological polar surface area (TPSA) is 27.7 Å². The third-order valence-electron chi connectivity index (χ3n) is 10.2. The number of allylic oxidation sites excluding steroid dienone is 8. The molecule has 3 heterocycles. The van der Waals surface area contributed by atoms with E-state index in [1.807, 2.05) is 0 Å². The Morgan fingerprint density at radius 1 is 0.531 bits per heavy atom. The third-order valence-corrected chi connectivity index (χ3v) is 10.2. The lowest BCUT2D eigenvalue weighted by Gasteiger charge is -2.18. The first-order valence-corrected chi connectivity index (χ1v) is 17.3. The fourth-order valence-electron chi connectivity index (χ4n) is 8.02. The first-order valence-electron chi connectivity index (χ1n) is 17.3. The third kappa shape index (κ3) is 4.34. The van der Waals surface area contributed by atoms with Crippen molar-refractivity contribution in [2.24, 2.45) is 0 Å². The summed E-state index contributed by atoms with van der Waals surface area (Å²) in [5, 5.41) is 3.73. The number of imidazole rings is 1. The molecule has 49 heavy (non-hydrogen) atoms. The van der Waals surface area contributed by atoms with Crippen LogP contribution < -0.4 is 0 Å². The van der Waals surface area contributed by atoms with E-state index in [2.05, 4.69) is 171 Å². The van der Waals surface area contributed by atoms with Crippen LogP contribution in [0.5, 0.6) is 0 Å². The van der Waals surface area contributed by atoms with Gasteiger partial charge in [0.1, 0.15) is 11.3 Å². The molecule has 234 valence electrons. The standard InChI is InChI=1S/C45H34N4/c1-5-15-31(16-6-1)32-25-27-36(28-26-32)47-39-24-14-13-23-37(39)41-40(47)30-29-38-42(41)48(34-19-9-3-10-20-34)45-43(38)49(35-21-11-4-12-22-35)44(46-45)33-17-7-2-8-18-33/h1-2,4-9,11-25,27,29-30H,3,10,26,28H2. The molecule has 4 nitrogen and oxygen atoms in total. The first kappa shape index (κ1) is 27.9. The number of hydrogen-bond acceptors (Lipinski definition) is 1. The first-order chi connectivity index (χ1) is 24.3. The highest BCUT2D eigenvalue weighted by Gasteiger charge is 2.27. The van der Waals surface area contributed by atoms with Crippen LogP contribution in [0.3, 0.4) is 0 Å². The molecule has 0 atom stereocenters. The second kappa shape index (κ2) is 11.2. The van der Waals surface area contributed by atoms with Crippen LogP contribution >= 0.6 is 0 Å². The normalized spacial score (nSPS) is 14.9. The van der Waals surface area contributed by atoms with Gasteiger partial charge in [-0.25, -0.2) is 4.98 Å². The molecule has 0 unspecified atom stereocenters. The number of fused-ring (bicyclic) bond motifs is 7. The second-order valence-corrected chi connectivity index (χ2v) is 13.0. The monoisotopic (exact) mass is 630 g/mol. The number of rotatable bonds is 5. The van der Waals surface area contributed by atoms with E-state index in [1.165, 1.54) is 55.2 Å². The molecule has 0 bridgehead atoms. The van der Waals surface area contributed by atoms with E-state index >= 15 is 0 Å². The number of hydrogen-bond donors (Lipinski definition) is 0. The Labute approximate surface area is 284 Å². The maximum Gasteiger partial charge on any atom is 0.165 e. The summed E-state index contributed by atoms with van der Waals surface area (Å²) in [6.07, 6.45) is 15.7. The highest BCUT2D eigenvalue weighted by atomic mass is 15.2. The summed E-state index contributed by atoms with van der Waals surface area (Å²) in [6, 6.07) is 45.6. The van der Waals surface area contributed by atoms with Gasteiger partial charge in [-0.1, -0.05) is 115 Å². The molecule has 0 N–H and O–H groups in total. The van der Waals surface area contributed by atoms with E-state index in [9.17, 15) is 0 Å². The fraction of sp³-hybridized carbons (Fsp3) is 0.0889. The lowest BCUT2D eigenvalue weighted by atomic mass is 9.96. The van der Waals surface area contributed by atoms with Crippen molar-refractivity contribution in [3.8, 4) is 17.1 Å². The summed E-state index contributed by atoms with van der Waals surface area (Å²) in [6.45, 7) is 0.